The van der Waals surface area contributed by atoms with Crippen LogP contribution in [0, 0.1) is 5.92 Å². The van der Waals surface area contributed by atoms with Crippen molar-refractivity contribution in [2.45, 2.75) is 50.6 Å². The number of methoxy groups -OCH3 is 1. The van der Waals surface area contributed by atoms with E-state index in [0.717, 1.165) is 0 Å². The van der Waals surface area contributed by atoms with Gasteiger partial charge in [-0.2, -0.15) is 13.2 Å². The van der Waals surface area contributed by atoms with Crippen molar-refractivity contribution >= 4 is 29.1 Å². The first kappa shape index (κ1) is 27.1. The Morgan fingerprint density at radius 1 is 1.36 bits per heavy atom. The molecule has 1 aromatic heterocycles. The molecular formula is C21H30ClF3N4O4. The second kappa shape index (κ2) is 10.9. The predicted molar refractivity (Wildman–Crippen MR) is 117 cm³/mol. The van der Waals surface area contributed by atoms with Gasteiger partial charge in [-0.05, 0) is 37.8 Å². The van der Waals surface area contributed by atoms with Crippen LogP contribution in [0.1, 0.15) is 43.1 Å². The maximum absolute atomic E-state index is 13.8. The van der Waals surface area contributed by atoms with E-state index in [-0.39, 0.29) is 29.8 Å². The van der Waals surface area contributed by atoms with E-state index in [1.165, 1.54) is 12.0 Å². The number of carbonyl (C=O) groups excluding carboxylic acids is 2. The van der Waals surface area contributed by atoms with E-state index in [0.29, 0.717) is 25.1 Å². The molecule has 3 atom stereocenters. The van der Waals surface area contributed by atoms with Gasteiger partial charge in [0.2, 0.25) is 11.6 Å². The minimum atomic E-state index is -5.07. The first-order valence-electron chi connectivity index (χ1n) is 10.5. The van der Waals surface area contributed by atoms with Crippen molar-refractivity contribution in [3.8, 4) is 0 Å². The highest BCUT2D eigenvalue weighted by Crippen LogP contribution is 2.39. The molecule has 0 spiro atoms. The Hall–Kier alpha value is -2.11. The molecule has 33 heavy (non-hydrogen) atoms. The lowest BCUT2D eigenvalue weighted by molar-refractivity contribution is -0.277. The van der Waals surface area contributed by atoms with Crippen molar-refractivity contribution in [3.05, 3.63) is 23.0 Å². The Morgan fingerprint density at radius 3 is 2.61 bits per heavy atom. The molecule has 0 radical (unpaired) electrons. The number of halogens is 4. The zero-order valence-electron chi connectivity index (χ0n) is 19.1. The highest BCUT2D eigenvalue weighted by Gasteiger charge is 2.56. The summed E-state index contributed by atoms with van der Waals surface area (Å²) in [5, 5.41) is 12.3. The lowest BCUT2D eigenvalue weighted by Gasteiger charge is -2.44. The molecule has 2 heterocycles. The van der Waals surface area contributed by atoms with E-state index in [4.69, 9.17) is 16.3 Å². The normalized spacial score (nSPS) is 20.8. The van der Waals surface area contributed by atoms with Gasteiger partial charge in [0, 0.05) is 45.9 Å². The van der Waals surface area contributed by atoms with Crippen molar-refractivity contribution < 1.29 is 32.6 Å². The van der Waals surface area contributed by atoms with E-state index < -0.39 is 36.2 Å². The molecule has 8 nitrogen and oxygen atoms in total. The van der Waals surface area contributed by atoms with E-state index in [1.54, 1.807) is 38.5 Å². The van der Waals surface area contributed by atoms with E-state index >= 15 is 0 Å². The van der Waals surface area contributed by atoms with Crippen LogP contribution in [0.5, 0.6) is 0 Å². The van der Waals surface area contributed by atoms with Gasteiger partial charge in [-0.1, -0.05) is 11.6 Å². The second-order valence-corrected chi connectivity index (χ2v) is 8.81. The molecule has 0 aliphatic carbocycles. The van der Waals surface area contributed by atoms with E-state index in [9.17, 15) is 27.9 Å². The summed E-state index contributed by atoms with van der Waals surface area (Å²) in [6.45, 7) is 2.21. The van der Waals surface area contributed by atoms with Crippen LogP contribution in [0.2, 0.25) is 5.15 Å². The van der Waals surface area contributed by atoms with Crippen LogP contribution in [0.3, 0.4) is 0 Å². The van der Waals surface area contributed by atoms with Gasteiger partial charge >= 0.3 is 6.18 Å². The van der Waals surface area contributed by atoms with Crippen molar-refractivity contribution in [2.75, 3.05) is 39.3 Å². The third-order valence-electron chi connectivity index (χ3n) is 5.79. The predicted octanol–water partition coefficient (Wildman–Crippen LogP) is 2.84. The van der Waals surface area contributed by atoms with Gasteiger partial charge in [-0.15, -0.1) is 0 Å². The zero-order chi connectivity index (χ0) is 25.0. The van der Waals surface area contributed by atoms with Crippen LogP contribution in [0.4, 0.5) is 18.9 Å². The quantitative estimate of drug-likeness (QED) is 0.426. The van der Waals surface area contributed by atoms with Crippen LogP contribution < -0.4 is 10.2 Å². The Bertz CT molecular complexity index is 855. The average molecular weight is 495 g/mol. The third-order valence-corrected chi connectivity index (χ3v) is 5.98. The summed E-state index contributed by atoms with van der Waals surface area (Å²) in [6, 6.07) is 2.66. The second-order valence-electron chi connectivity index (χ2n) is 8.42. The molecular weight excluding hydrogens is 465 g/mol. The summed E-state index contributed by atoms with van der Waals surface area (Å²) < 4.78 is 46.1. The Morgan fingerprint density at radius 2 is 2.03 bits per heavy atom. The lowest BCUT2D eigenvalue weighted by atomic mass is 9.83. The maximum Gasteiger partial charge on any atom is 0.436 e. The molecule has 1 saturated heterocycles. The molecule has 0 bridgehead atoms. The molecule has 1 aliphatic rings. The number of hydrogen-bond donors (Lipinski definition) is 2. The molecule has 2 N–H and O–H groups in total. The van der Waals surface area contributed by atoms with Gasteiger partial charge < -0.3 is 25.0 Å². The molecule has 2 amide bonds. The first-order valence-corrected chi connectivity index (χ1v) is 10.9. The summed E-state index contributed by atoms with van der Waals surface area (Å²) >= 11 is 6.11. The molecule has 2 rings (SSSR count). The standard InChI is InChI=1S/C21H30ClF3N4O4/c1-13-14(12-20(32,21(23,24)25)27-18(30)7-9-33-4)6-5-8-29(13)15-10-16(19(31)28(2)3)26-17(22)11-15/h10-11,13-14,32H,5-9,12H2,1-4H3,(H,27,30)/t13?,14?,20-/m1/s1. The highest BCUT2D eigenvalue weighted by atomic mass is 35.5. The largest absolute Gasteiger partial charge is 0.436 e. The van der Waals surface area contributed by atoms with E-state index in [2.05, 4.69) is 4.98 Å². The maximum atomic E-state index is 13.8. The SMILES string of the molecule is COCCC(=O)N[C@@](O)(CC1CCCN(c2cc(Cl)nc(C(=O)N(C)C)c2)C1C)C(F)(F)F. The number of ether oxygens (including phenoxy) is 1. The van der Waals surface area contributed by atoms with E-state index in [1.807, 2.05) is 4.90 Å². The Kier molecular flexibility index (Phi) is 8.94. The van der Waals surface area contributed by atoms with Gasteiger partial charge in [0.15, 0.2) is 0 Å². The molecule has 1 aromatic rings. The van der Waals surface area contributed by atoms with Gasteiger partial charge in [0.25, 0.3) is 5.91 Å². The van der Waals surface area contributed by atoms with Gasteiger partial charge in [0.05, 0.1) is 13.0 Å². The minimum Gasteiger partial charge on any atom is -0.384 e. The molecule has 1 fully saturated rings. The number of rotatable bonds is 8. The number of alkyl halides is 3. The molecule has 0 aromatic carbocycles. The number of amides is 2. The summed E-state index contributed by atoms with van der Waals surface area (Å²) in [5.41, 5.74) is -2.70. The van der Waals surface area contributed by atoms with Crippen molar-refractivity contribution in [1.29, 1.82) is 0 Å². The number of aromatic nitrogens is 1. The lowest BCUT2D eigenvalue weighted by Crippen LogP contribution is -2.61. The Balaban J connectivity index is 2.28. The van der Waals surface area contributed by atoms with Gasteiger partial charge in [-0.25, -0.2) is 4.98 Å². The van der Waals surface area contributed by atoms with Crippen LogP contribution >= 0.6 is 11.6 Å². The highest BCUT2D eigenvalue weighted by molar-refractivity contribution is 6.29. The number of hydrogen-bond acceptors (Lipinski definition) is 6. The summed E-state index contributed by atoms with van der Waals surface area (Å²) in [6.07, 6.45) is -5.11. The number of carbonyl (C=O) groups is 2. The molecule has 186 valence electrons. The number of nitrogens with zero attached hydrogens (tertiary/aromatic N) is 3. The van der Waals surface area contributed by atoms with Crippen LogP contribution in [0.25, 0.3) is 0 Å². The topological polar surface area (TPSA) is 95.0 Å². The number of aliphatic hydroxyl groups is 1. The zero-order valence-corrected chi connectivity index (χ0v) is 19.8. The summed E-state index contributed by atoms with van der Waals surface area (Å²) in [4.78, 5) is 31.5. The third kappa shape index (κ3) is 6.70. The monoisotopic (exact) mass is 494 g/mol. The van der Waals surface area contributed by atoms with Crippen molar-refractivity contribution in [3.63, 3.8) is 0 Å². The average Bonchev–Trinajstić information content (AvgIpc) is 2.71. The minimum absolute atomic E-state index is 0.0653. The summed E-state index contributed by atoms with van der Waals surface area (Å²) in [5.74, 6) is -1.91. The van der Waals surface area contributed by atoms with Gasteiger partial charge in [-0.3, -0.25) is 9.59 Å². The number of pyridine rings is 1. The molecule has 1 aliphatic heterocycles. The van der Waals surface area contributed by atoms with Gasteiger partial charge in [0.1, 0.15) is 10.8 Å². The molecule has 12 heteroatoms. The number of anilines is 1. The smallest absolute Gasteiger partial charge is 0.384 e. The molecule has 2 unspecified atom stereocenters. The fourth-order valence-corrected chi connectivity index (χ4v) is 4.16. The Labute approximate surface area is 196 Å². The van der Waals surface area contributed by atoms with Crippen LogP contribution in [-0.4, -0.2) is 79.1 Å². The fourth-order valence-electron chi connectivity index (χ4n) is 3.95. The molecule has 0 saturated carbocycles. The number of nitrogens with one attached hydrogen (secondary N) is 1. The van der Waals surface area contributed by atoms with Crippen LogP contribution in [-0.2, 0) is 9.53 Å². The summed E-state index contributed by atoms with van der Waals surface area (Å²) in [7, 11) is 4.47. The van der Waals surface area contributed by atoms with Crippen LogP contribution in [0.15, 0.2) is 12.1 Å². The number of piperidine rings is 1. The first-order chi connectivity index (χ1) is 15.3. The fraction of sp³-hybridized carbons (Fsp3) is 0.667. The van der Waals surface area contributed by atoms with Crippen molar-refractivity contribution in [2.24, 2.45) is 5.92 Å². The van der Waals surface area contributed by atoms with Crippen molar-refractivity contribution in [1.82, 2.24) is 15.2 Å².